The third kappa shape index (κ3) is 2.50. The minimum atomic E-state index is -0.601. The fourth-order valence-electron chi connectivity index (χ4n) is 2.00. The fourth-order valence-corrected chi connectivity index (χ4v) is 2.62. The molecule has 1 aromatic heterocycles. The molecule has 2 heterocycles. The Balaban J connectivity index is 1.55. The first-order valence-electron chi connectivity index (χ1n) is 6.12. The van der Waals surface area contributed by atoms with Gasteiger partial charge in [-0.3, -0.25) is 20.4 Å². The fraction of sp³-hybridized carbons (Fsp3) is 0.143. The van der Waals surface area contributed by atoms with Crippen molar-refractivity contribution < 1.29 is 14.3 Å². The maximum atomic E-state index is 11.9. The van der Waals surface area contributed by atoms with Crippen molar-refractivity contribution >= 4 is 23.2 Å². The first kappa shape index (κ1) is 12.7. The van der Waals surface area contributed by atoms with Crippen molar-refractivity contribution in [1.29, 1.82) is 0 Å². The lowest BCUT2D eigenvalue weighted by molar-refractivity contribution is -0.128. The van der Waals surface area contributed by atoms with Crippen LogP contribution >= 0.6 is 11.3 Å². The first-order valence-corrected chi connectivity index (χ1v) is 7.00. The van der Waals surface area contributed by atoms with Crippen LogP contribution in [0.1, 0.15) is 15.2 Å². The van der Waals surface area contributed by atoms with Gasteiger partial charge in [0.25, 0.3) is 11.8 Å². The molecule has 20 heavy (non-hydrogen) atoms. The van der Waals surface area contributed by atoms with Crippen molar-refractivity contribution in [1.82, 2.24) is 10.9 Å². The molecule has 0 radical (unpaired) electrons. The van der Waals surface area contributed by atoms with Gasteiger partial charge in [-0.25, -0.2) is 0 Å². The summed E-state index contributed by atoms with van der Waals surface area (Å²) < 4.78 is 5.53. The average molecular weight is 288 g/mol. The van der Waals surface area contributed by atoms with E-state index in [9.17, 15) is 9.59 Å². The van der Waals surface area contributed by atoms with E-state index in [1.807, 2.05) is 24.3 Å². The average Bonchev–Trinajstić information content (AvgIpc) is 3.12. The number of benzene rings is 1. The predicted octanol–water partition coefficient (Wildman–Crippen LogP) is 1.51. The van der Waals surface area contributed by atoms with Gasteiger partial charge in [-0.05, 0) is 23.1 Å². The number of ether oxygens (including phenoxy) is 1. The van der Waals surface area contributed by atoms with E-state index in [-0.39, 0.29) is 11.8 Å². The standard InChI is InChI=1S/C14H12N2O3S/c17-13(15-16-14(18)12-6-3-7-20-12)11-8-9-4-1-2-5-10(9)19-11/h1-7,11H,8H2,(H,15,17)(H,16,18)/t11-/m0/s1. The summed E-state index contributed by atoms with van der Waals surface area (Å²) in [5, 5.41) is 1.80. The summed E-state index contributed by atoms with van der Waals surface area (Å²) in [4.78, 5) is 24.2. The van der Waals surface area contributed by atoms with Crippen molar-refractivity contribution in [3.05, 3.63) is 52.2 Å². The van der Waals surface area contributed by atoms with Crippen LogP contribution in [0.5, 0.6) is 5.75 Å². The van der Waals surface area contributed by atoms with Crippen LogP contribution in [0.25, 0.3) is 0 Å². The Morgan fingerprint density at radius 1 is 1.15 bits per heavy atom. The maximum Gasteiger partial charge on any atom is 0.279 e. The van der Waals surface area contributed by atoms with Crippen LogP contribution in [0.2, 0.25) is 0 Å². The van der Waals surface area contributed by atoms with Gasteiger partial charge in [0.1, 0.15) is 5.75 Å². The normalized spacial score (nSPS) is 16.1. The molecular formula is C14H12N2O3S. The minimum absolute atomic E-state index is 0.330. The predicted molar refractivity (Wildman–Crippen MR) is 74.5 cm³/mol. The van der Waals surface area contributed by atoms with Gasteiger partial charge < -0.3 is 4.74 Å². The van der Waals surface area contributed by atoms with Gasteiger partial charge in [0.05, 0.1) is 4.88 Å². The molecule has 0 saturated carbocycles. The van der Waals surface area contributed by atoms with Crippen LogP contribution in [0.15, 0.2) is 41.8 Å². The van der Waals surface area contributed by atoms with Gasteiger partial charge in [-0.15, -0.1) is 11.3 Å². The highest BCUT2D eigenvalue weighted by atomic mass is 32.1. The van der Waals surface area contributed by atoms with Gasteiger partial charge in [-0.2, -0.15) is 0 Å². The summed E-state index contributed by atoms with van der Waals surface area (Å²) in [7, 11) is 0. The SMILES string of the molecule is O=C(NNC(=O)[C@@H]1Cc2ccccc2O1)c1cccs1. The zero-order valence-corrected chi connectivity index (χ0v) is 11.3. The summed E-state index contributed by atoms with van der Waals surface area (Å²) in [6, 6.07) is 11.0. The van der Waals surface area contributed by atoms with Gasteiger partial charge in [0.2, 0.25) is 0 Å². The molecule has 0 aliphatic carbocycles. The minimum Gasteiger partial charge on any atom is -0.480 e. The van der Waals surface area contributed by atoms with E-state index in [1.54, 1.807) is 17.5 Å². The van der Waals surface area contributed by atoms with E-state index < -0.39 is 6.10 Å². The number of hydrogen-bond donors (Lipinski definition) is 2. The number of fused-ring (bicyclic) bond motifs is 1. The number of thiophene rings is 1. The molecule has 102 valence electrons. The molecule has 0 spiro atoms. The highest BCUT2D eigenvalue weighted by Crippen LogP contribution is 2.27. The Bertz CT molecular complexity index is 615. The smallest absolute Gasteiger partial charge is 0.279 e. The maximum absolute atomic E-state index is 11.9. The quantitative estimate of drug-likeness (QED) is 0.823. The first-order chi connectivity index (χ1) is 9.74. The second-order valence-electron chi connectivity index (χ2n) is 4.34. The van der Waals surface area contributed by atoms with Gasteiger partial charge in [0, 0.05) is 6.42 Å². The lowest BCUT2D eigenvalue weighted by atomic mass is 10.1. The Hall–Kier alpha value is -2.34. The number of carbonyl (C=O) groups excluding carboxylic acids is 2. The summed E-state index contributed by atoms with van der Waals surface area (Å²) in [5.41, 5.74) is 5.77. The summed E-state index contributed by atoms with van der Waals surface area (Å²) in [5.74, 6) is 0.0344. The molecule has 1 aromatic carbocycles. The summed E-state index contributed by atoms with van der Waals surface area (Å²) in [6.07, 6.45) is -0.0901. The van der Waals surface area contributed by atoms with E-state index in [1.165, 1.54) is 11.3 Å². The second kappa shape index (κ2) is 5.34. The Morgan fingerprint density at radius 3 is 2.75 bits per heavy atom. The molecular weight excluding hydrogens is 276 g/mol. The summed E-state index contributed by atoms with van der Waals surface area (Å²) >= 11 is 1.31. The van der Waals surface area contributed by atoms with E-state index in [0.717, 1.165) is 11.3 Å². The molecule has 5 nitrogen and oxygen atoms in total. The molecule has 3 rings (SSSR count). The van der Waals surface area contributed by atoms with Gasteiger partial charge in [0.15, 0.2) is 6.10 Å². The zero-order valence-electron chi connectivity index (χ0n) is 10.5. The molecule has 2 aromatic rings. The third-order valence-electron chi connectivity index (χ3n) is 2.98. The number of hydrogen-bond acceptors (Lipinski definition) is 4. The molecule has 6 heteroatoms. The van der Waals surface area contributed by atoms with E-state index in [4.69, 9.17) is 4.74 Å². The van der Waals surface area contributed by atoms with Crippen LogP contribution in [0.3, 0.4) is 0 Å². The van der Waals surface area contributed by atoms with Crippen molar-refractivity contribution in [3.8, 4) is 5.75 Å². The number of nitrogens with one attached hydrogen (secondary N) is 2. The summed E-state index contributed by atoms with van der Waals surface area (Å²) in [6.45, 7) is 0. The highest BCUT2D eigenvalue weighted by Gasteiger charge is 2.28. The molecule has 0 bridgehead atoms. The largest absolute Gasteiger partial charge is 0.480 e. The van der Waals surface area contributed by atoms with E-state index in [0.29, 0.717) is 11.3 Å². The zero-order chi connectivity index (χ0) is 13.9. The lowest BCUT2D eigenvalue weighted by Gasteiger charge is -2.11. The number of carbonyl (C=O) groups is 2. The molecule has 1 atom stereocenters. The monoisotopic (exact) mass is 288 g/mol. The van der Waals surface area contributed by atoms with Gasteiger partial charge in [-0.1, -0.05) is 24.3 Å². The van der Waals surface area contributed by atoms with Crippen LogP contribution in [0, 0.1) is 0 Å². The van der Waals surface area contributed by atoms with Crippen molar-refractivity contribution in [2.45, 2.75) is 12.5 Å². The number of para-hydroxylation sites is 1. The molecule has 1 aliphatic heterocycles. The molecule has 2 N–H and O–H groups in total. The second-order valence-corrected chi connectivity index (χ2v) is 5.29. The topological polar surface area (TPSA) is 67.4 Å². The van der Waals surface area contributed by atoms with Crippen LogP contribution in [0.4, 0.5) is 0 Å². The molecule has 0 fully saturated rings. The van der Waals surface area contributed by atoms with Gasteiger partial charge >= 0.3 is 0 Å². The van der Waals surface area contributed by atoms with E-state index >= 15 is 0 Å². The number of rotatable bonds is 2. The lowest BCUT2D eigenvalue weighted by Crippen LogP contribution is -2.47. The van der Waals surface area contributed by atoms with Crippen molar-refractivity contribution in [3.63, 3.8) is 0 Å². The van der Waals surface area contributed by atoms with Crippen LogP contribution in [-0.4, -0.2) is 17.9 Å². The van der Waals surface area contributed by atoms with Crippen molar-refractivity contribution in [2.75, 3.05) is 0 Å². The number of hydrazine groups is 1. The van der Waals surface area contributed by atoms with E-state index in [2.05, 4.69) is 10.9 Å². The van der Waals surface area contributed by atoms with Crippen LogP contribution in [-0.2, 0) is 11.2 Å². The highest BCUT2D eigenvalue weighted by molar-refractivity contribution is 7.12. The Kier molecular flexibility index (Phi) is 3.39. The molecule has 0 saturated heterocycles. The number of amides is 2. The molecule has 2 amide bonds. The van der Waals surface area contributed by atoms with Crippen molar-refractivity contribution in [2.24, 2.45) is 0 Å². The molecule has 0 unspecified atom stereocenters. The Labute approximate surface area is 119 Å². The van der Waals surface area contributed by atoms with Crippen LogP contribution < -0.4 is 15.6 Å². The third-order valence-corrected chi connectivity index (χ3v) is 3.85. The Morgan fingerprint density at radius 2 is 2.00 bits per heavy atom. The molecule has 1 aliphatic rings.